The number of rotatable bonds is 2. The van der Waals surface area contributed by atoms with Crippen molar-refractivity contribution in [2.75, 3.05) is 6.54 Å². The van der Waals surface area contributed by atoms with Crippen LogP contribution in [-0.2, 0) is 5.41 Å². The van der Waals surface area contributed by atoms with E-state index in [4.69, 9.17) is 5.73 Å². The van der Waals surface area contributed by atoms with Crippen molar-refractivity contribution < 1.29 is 4.39 Å². The predicted molar refractivity (Wildman–Crippen MR) is 65.1 cm³/mol. The molecular formula is C14H20FN. The van der Waals surface area contributed by atoms with Gasteiger partial charge in [-0.3, -0.25) is 0 Å². The largest absolute Gasteiger partial charge is 0.330 e. The van der Waals surface area contributed by atoms with Crippen LogP contribution in [0.5, 0.6) is 0 Å². The zero-order valence-corrected chi connectivity index (χ0v) is 10.1. The predicted octanol–water partition coefficient (Wildman–Crippen LogP) is 3.21. The number of hydrogen-bond acceptors (Lipinski definition) is 1. The van der Waals surface area contributed by atoms with E-state index in [1.54, 1.807) is 0 Å². The van der Waals surface area contributed by atoms with Gasteiger partial charge in [0, 0.05) is 12.0 Å². The molecule has 0 bridgehead atoms. The molecule has 1 aliphatic carbocycles. The zero-order valence-electron chi connectivity index (χ0n) is 10.1. The fourth-order valence-corrected chi connectivity index (χ4v) is 2.97. The third kappa shape index (κ3) is 1.75. The van der Waals surface area contributed by atoms with E-state index in [2.05, 4.69) is 0 Å². The van der Waals surface area contributed by atoms with Crippen molar-refractivity contribution in [3.05, 3.63) is 34.6 Å². The normalized spacial score (nSPS) is 19.0. The van der Waals surface area contributed by atoms with E-state index in [0.717, 1.165) is 29.5 Å². The molecule has 0 aromatic heterocycles. The second kappa shape index (κ2) is 4.17. The summed E-state index contributed by atoms with van der Waals surface area (Å²) in [5.74, 6) is -0.0436. The third-order valence-electron chi connectivity index (χ3n) is 3.92. The molecule has 1 aromatic carbocycles. The monoisotopic (exact) mass is 221 g/mol. The molecule has 1 aliphatic rings. The summed E-state index contributed by atoms with van der Waals surface area (Å²) in [6, 6.07) is 3.89. The summed E-state index contributed by atoms with van der Waals surface area (Å²) >= 11 is 0. The highest BCUT2D eigenvalue weighted by atomic mass is 19.1. The smallest absolute Gasteiger partial charge is 0.129 e. The van der Waals surface area contributed by atoms with E-state index in [1.807, 2.05) is 26.0 Å². The highest BCUT2D eigenvalue weighted by Gasteiger charge is 2.36. The van der Waals surface area contributed by atoms with E-state index >= 15 is 0 Å². The molecule has 2 rings (SSSR count). The van der Waals surface area contributed by atoms with Crippen LogP contribution in [0.15, 0.2) is 12.1 Å². The van der Waals surface area contributed by atoms with Crippen LogP contribution in [0.4, 0.5) is 4.39 Å². The van der Waals surface area contributed by atoms with Crippen LogP contribution >= 0.6 is 0 Å². The van der Waals surface area contributed by atoms with Crippen molar-refractivity contribution >= 4 is 0 Å². The van der Waals surface area contributed by atoms with E-state index in [1.165, 1.54) is 12.8 Å². The van der Waals surface area contributed by atoms with Gasteiger partial charge >= 0.3 is 0 Å². The lowest BCUT2D eigenvalue weighted by atomic mass is 9.77. The van der Waals surface area contributed by atoms with Crippen LogP contribution in [0.2, 0.25) is 0 Å². The van der Waals surface area contributed by atoms with Crippen molar-refractivity contribution in [3.63, 3.8) is 0 Å². The first-order valence-electron chi connectivity index (χ1n) is 6.06. The van der Waals surface area contributed by atoms with E-state index in [9.17, 15) is 4.39 Å². The van der Waals surface area contributed by atoms with Gasteiger partial charge in [0.15, 0.2) is 0 Å². The van der Waals surface area contributed by atoms with Crippen molar-refractivity contribution in [3.8, 4) is 0 Å². The lowest BCUT2D eigenvalue weighted by Gasteiger charge is -2.29. The minimum Gasteiger partial charge on any atom is -0.330 e. The maximum Gasteiger partial charge on any atom is 0.129 e. The number of benzene rings is 1. The average Bonchev–Trinajstić information content (AvgIpc) is 2.73. The van der Waals surface area contributed by atoms with E-state index < -0.39 is 0 Å². The molecule has 0 amide bonds. The summed E-state index contributed by atoms with van der Waals surface area (Å²) in [4.78, 5) is 0. The number of aryl methyl sites for hydroxylation is 2. The van der Waals surface area contributed by atoms with Gasteiger partial charge in [0.25, 0.3) is 0 Å². The second-order valence-corrected chi connectivity index (χ2v) is 5.13. The van der Waals surface area contributed by atoms with Crippen molar-refractivity contribution in [1.29, 1.82) is 0 Å². The Hall–Kier alpha value is -0.890. The van der Waals surface area contributed by atoms with Gasteiger partial charge in [-0.1, -0.05) is 30.5 Å². The van der Waals surface area contributed by atoms with Crippen molar-refractivity contribution in [2.45, 2.75) is 44.9 Å². The summed E-state index contributed by atoms with van der Waals surface area (Å²) in [6.45, 7) is 4.42. The van der Waals surface area contributed by atoms with Crippen LogP contribution in [0.25, 0.3) is 0 Å². The zero-order chi connectivity index (χ0) is 11.8. The van der Waals surface area contributed by atoms with Crippen LogP contribution in [0.1, 0.15) is 42.4 Å². The molecule has 1 nitrogen and oxygen atoms in total. The van der Waals surface area contributed by atoms with Crippen molar-refractivity contribution in [2.24, 2.45) is 5.73 Å². The summed E-state index contributed by atoms with van der Waals surface area (Å²) in [5, 5.41) is 0. The molecule has 2 N–H and O–H groups in total. The summed E-state index contributed by atoms with van der Waals surface area (Å²) < 4.78 is 14.2. The van der Waals surface area contributed by atoms with E-state index in [-0.39, 0.29) is 11.2 Å². The molecule has 0 spiro atoms. The highest BCUT2D eigenvalue weighted by Crippen LogP contribution is 2.42. The minimum atomic E-state index is -0.0964. The van der Waals surface area contributed by atoms with Crippen molar-refractivity contribution in [1.82, 2.24) is 0 Å². The minimum absolute atomic E-state index is 0.0436. The Morgan fingerprint density at radius 2 is 1.88 bits per heavy atom. The maximum absolute atomic E-state index is 14.2. The molecule has 0 atom stereocenters. The third-order valence-corrected chi connectivity index (χ3v) is 3.92. The SMILES string of the molecule is Cc1cc(C)c(F)c(C2(CN)CCCC2)c1. The van der Waals surface area contributed by atoms with Gasteiger partial charge in [-0.05, 0) is 37.8 Å². The van der Waals surface area contributed by atoms with Crippen LogP contribution in [-0.4, -0.2) is 6.54 Å². The molecule has 0 aliphatic heterocycles. The molecular weight excluding hydrogens is 201 g/mol. The first-order chi connectivity index (χ1) is 7.59. The first-order valence-corrected chi connectivity index (χ1v) is 6.06. The van der Waals surface area contributed by atoms with Crippen LogP contribution < -0.4 is 5.73 Å². The molecule has 88 valence electrons. The van der Waals surface area contributed by atoms with Crippen LogP contribution in [0.3, 0.4) is 0 Å². The topological polar surface area (TPSA) is 26.0 Å². The van der Waals surface area contributed by atoms with Gasteiger partial charge in [-0.15, -0.1) is 0 Å². The second-order valence-electron chi connectivity index (χ2n) is 5.13. The summed E-state index contributed by atoms with van der Waals surface area (Å²) in [5.41, 5.74) is 8.54. The average molecular weight is 221 g/mol. The molecule has 1 aromatic rings. The van der Waals surface area contributed by atoms with Gasteiger partial charge in [-0.2, -0.15) is 0 Å². The number of nitrogens with two attached hydrogens (primary N) is 1. The maximum atomic E-state index is 14.2. The molecule has 0 radical (unpaired) electrons. The summed E-state index contributed by atoms with van der Waals surface area (Å²) in [6.07, 6.45) is 4.40. The fourth-order valence-electron chi connectivity index (χ4n) is 2.97. The molecule has 16 heavy (non-hydrogen) atoms. The Bertz CT molecular complexity index is 392. The highest BCUT2D eigenvalue weighted by molar-refractivity contribution is 5.37. The fraction of sp³-hybridized carbons (Fsp3) is 0.571. The Morgan fingerprint density at radius 1 is 1.25 bits per heavy atom. The molecule has 1 saturated carbocycles. The number of halogens is 1. The van der Waals surface area contributed by atoms with Gasteiger partial charge < -0.3 is 5.73 Å². The van der Waals surface area contributed by atoms with Gasteiger partial charge in [0.1, 0.15) is 5.82 Å². The first kappa shape index (κ1) is 11.6. The Balaban J connectivity index is 2.53. The van der Waals surface area contributed by atoms with Gasteiger partial charge in [0.2, 0.25) is 0 Å². The molecule has 0 saturated heterocycles. The van der Waals surface area contributed by atoms with E-state index in [0.29, 0.717) is 6.54 Å². The molecule has 1 fully saturated rings. The lowest BCUT2D eigenvalue weighted by molar-refractivity contribution is 0.425. The quantitative estimate of drug-likeness (QED) is 0.815. The van der Waals surface area contributed by atoms with Crippen LogP contribution in [0, 0.1) is 19.7 Å². The van der Waals surface area contributed by atoms with Gasteiger partial charge in [-0.25, -0.2) is 4.39 Å². The molecule has 0 heterocycles. The standard InChI is InChI=1S/C14H20FN/c1-10-7-11(2)13(15)12(8-10)14(9-16)5-3-4-6-14/h7-8H,3-6,9,16H2,1-2H3. The summed E-state index contributed by atoms with van der Waals surface area (Å²) in [7, 11) is 0. The Labute approximate surface area is 96.9 Å². The number of hydrogen-bond donors (Lipinski definition) is 1. The lowest BCUT2D eigenvalue weighted by Crippen LogP contribution is -2.33. The van der Waals surface area contributed by atoms with Gasteiger partial charge in [0.05, 0.1) is 0 Å². The Kier molecular flexibility index (Phi) is 3.02. The molecule has 0 unspecified atom stereocenters. The Morgan fingerprint density at radius 3 is 2.44 bits per heavy atom. The molecule has 2 heteroatoms.